The van der Waals surface area contributed by atoms with E-state index in [9.17, 15) is 18.0 Å². The van der Waals surface area contributed by atoms with Gasteiger partial charge >= 0.3 is 0 Å². The van der Waals surface area contributed by atoms with Gasteiger partial charge in [-0.05, 0) is 55.8 Å². The van der Waals surface area contributed by atoms with Crippen molar-refractivity contribution in [2.75, 3.05) is 31.6 Å². The van der Waals surface area contributed by atoms with Gasteiger partial charge in [0.1, 0.15) is 12.6 Å². The summed E-state index contributed by atoms with van der Waals surface area (Å²) in [5, 5.41) is 3.44. The molecule has 1 N–H and O–H groups in total. The molecule has 3 rings (SSSR count). The number of hydrogen-bond acceptors (Lipinski definition) is 6. The molecule has 0 heterocycles. The normalized spacial score (nSPS) is 11.8. The molecule has 0 saturated carbocycles. The summed E-state index contributed by atoms with van der Waals surface area (Å²) in [6.07, 6.45) is 0. The van der Waals surface area contributed by atoms with Gasteiger partial charge in [-0.25, -0.2) is 8.42 Å². The number of sulfonamides is 1. The van der Waals surface area contributed by atoms with Crippen molar-refractivity contribution in [2.24, 2.45) is 0 Å². The maximum absolute atomic E-state index is 14.0. The molecule has 0 bridgehead atoms. The van der Waals surface area contributed by atoms with Crippen LogP contribution in [0.2, 0.25) is 10.0 Å². The van der Waals surface area contributed by atoms with E-state index in [0.717, 1.165) is 4.31 Å². The number of methoxy groups -OCH3 is 2. The Morgan fingerprint density at radius 1 is 0.950 bits per heavy atom. The van der Waals surface area contributed by atoms with Gasteiger partial charge in [0.05, 0.1) is 24.8 Å². The monoisotopic (exact) mass is 607 g/mol. The number of rotatable bonds is 12. The molecule has 0 radical (unpaired) electrons. The van der Waals surface area contributed by atoms with Crippen molar-refractivity contribution in [1.29, 1.82) is 0 Å². The Labute approximate surface area is 244 Å². The summed E-state index contributed by atoms with van der Waals surface area (Å²) in [6, 6.07) is 16.3. The highest BCUT2D eigenvalue weighted by Gasteiger charge is 2.33. The van der Waals surface area contributed by atoms with Crippen molar-refractivity contribution < 1.29 is 27.5 Å². The lowest BCUT2D eigenvalue weighted by Crippen LogP contribution is -2.51. The van der Waals surface area contributed by atoms with Crippen LogP contribution in [0.3, 0.4) is 0 Å². The van der Waals surface area contributed by atoms with E-state index in [2.05, 4.69) is 5.32 Å². The lowest BCUT2D eigenvalue weighted by Gasteiger charge is -2.32. The molecular weight excluding hydrogens is 577 g/mol. The molecule has 0 aliphatic heterocycles. The fourth-order valence-corrected chi connectivity index (χ4v) is 5.86. The standard InChI is InChI=1S/C28H31Cl2N3O6S/c1-5-31-28(35)19(2)32(17-20-11-12-21(29)15-24(20)30)27(34)18-33(22-9-7-6-8-10-22)40(36,37)23-13-14-25(38-3)26(16-23)39-4/h6-16,19H,5,17-18H2,1-4H3,(H,31,35)/t19-/m0/s1. The summed E-state index contributed by atoms with van der Waals surface area (Å²) in [6.45, 7) is 3.06. The summed E-state index contributed by atoms with van der Waals surface area (Å²) in [7, 11) is -1.44. The summed E-state index contributed by atoms with van der Waals surface area (Å²) >= 11 is 12.4. The van der Waals surface area contributed by atoms with Crippen molar-refractivity contribution in [3.63, 3.8) is 0 Å². The maximum atomic E-state index is 14.0. The van der Waals surface area contributed by atoms with Crippen molar-refractivity contribution in [2.45, 2.75) is 31.3 Å². The van der Waals surface area contributed by atoms with Crippen LogP contribution in [0.4, 0.5) is 5.69 Å². The zero-order chi connectivity index (χ0) is 29.4. The first-order valence-corrected chi connectivity index (χ1v) is 14.5. The first-order chi connectivity index (χ1) is 19.0. The van der Waals surface area contributed by atoms with Gasteiger partial charge in [-0.1, -0.05) is 47.5 Å². The average molecular weight is 609 g/mol. The minimum atomic E-state index is -4.28. The summed E-state index contributed by atoms with van der Waals surface area (Å²) in [4.78, 5) is 27.9. The quantitative estimate of drug-likeness (QED) is 0.318. The van der Waals surface area contributed by atoms with Crippen molar-refractivity contribution >= 4 is 50.7 Å². The van der Waals surface area contributed by atoms with Crippen LogP contribution >= 0.6 is 23.2 Å². The third-order valence-corrected chi connectivity index (χ3v) is 8.50. The average Bonchev–Trinajstić information content (AvgIpc) is 2.95. The highest BCUT2D eigenvalue weighted by atomic mass is 35.5. The van der Waals surface area contributed by atoms with E-state index in [-0.39, 0.29) is 22.9 Å². The molecule has 12 heteroatoms. The van der Waals surface area contributed by atoms with E-state index in [4.69, 9.17) is 32.7 Å². The Bertz CT molecular complexity index is 1450. The molecule has 0 spiro atoms. The first-order valence-electron chi connectivity index (χ1n) is 12.3. The number of halogens is 2. The Hall–Kier alpha value is -3.47. The number of hydrogen-bond donors (Lipinski definition) is 1. The lowest BCUT2D eigenvalue weighted by atomic mass is 10.1. The summed E-state index contributed by atoms with van der Waals surface area (Å²) in [5.74, 6) is -0.440. The van der Waals surface area contributed by atoms with Crippen LogP contribution in [0.1, 0.15) is 19.4 Å². The van der Waals surface area contributed by atoms with Crippen LogP contribution in [0, 0.1) is 0 Å². The van der Waals surface area contributed by atoms with E-state index in [0.29, 0.717) is 27.9 Å². The molecule has 2 amide bonds. The fourth-order valence-electron chi connectivity index (χ4n) is 3.97. The van der Waals surface area contributed by atoms with Crippen LogP contribution in [0.15, 0.2) is 71.6 Å². The number of amides is 2. The Morgan fingerprint density at radius 3 is 2.23 bits per heavy atom. The first kappa shape index (κ1) is 31.1. The number of carbonyl (C=O) groups is 2. The molecule has 0 aromatic heterocycles. The molecule has 214 valence electrons. The predicted molar refractivity (Wildman–Crippen MR) is 156 cm³/mol. The van der Waals surface area contributed by atoms with Gasteiger partial charge < -0.3 is 19.7 Å². The number of likely N-dealkylation sites (N-methyl/N-ethyl adjacent to an activating group) is 1. The zero-order valence-corrected chi connectivity index (χ0v) is 24.9. The van der Waals surface area contributed by atoms with Gasteiger partial charge in [0.15, 0.2) is 11.5 Å². The minimum absolute atomic E-state index is 0.0494. The van der Waals surface area contributed by atoms with E-state index >= 15 is 0 Å². The Morgan fingerprint density at radius 2 is 1.62 bits per heavy atom. The molecule has 9 nitrogen and oxygen atoms in total. The number of nitrogens with one attached hydrogen (secondary N) is 1. The van der Waals surface area contributed by atoms with Crippen LogP contribution in [0.25, 0.3) is 0 Å². The van der Waals surface area contributed by atoms with Crippen molar-refractivity contribution in [1.82, 2.24) is 10.2 Å². The van der Waals surface area contributed by atoms with Crippen LogP contribution in [0.5, 0.6) is 11.5 Å². The molecular formula is C28H31Cl2N3O6S. The van der Waals surface area contributed by atoms with Gasteiger partial charge in [-0.3, -0.25) is 13.9 Å². The van der Waals surface area contributed by atoms with E-state index < -0.39 is 34.4 Å². The Kier molecular flexibility index (Phi) is 10.7. The largest absolute Gasteiger partial charge is 0.493 e. The molecule has 0 unspecified atom stereocenters. The second-order valence-corrected chi connectivity index (χ2v) is 11.4. The Balaban J connectivity index is 2.06. The third kappa shape index (κ3) is 7.18. The molecule has 0 aliphatic rings. The summed E-state index contributed by atoms with van der Waals surface area (Å²) < 4.78 is 39.4. The second kappa shape index (κ2) is 13.7. The fraction of sp³-hybridized carbons (Fsp3) is 0.286. The predicted octanol–water partition coefficient (Wildman–Crippen LogP) is 4.76. The van der Waals surface area contributed by atoms with E-state index in [1.807, 2.05) is 0 Å². The number of anilines is 1. The van der Waals surface area contributed by atoms with Gasteiger partial charge in [0.25, 0.3) is 10.0 Å². The van der Waals surface area contributed by atoms with Crippen molar-refractivity contribution in [3.05, 3.63) is 82.3 Å². The van der Waals surface area contributed by atoms with Crippen LogP contribution in [-0.2, 0) is 26.2 Å². The lowest BCUT2D eigenvalue weighted by molar-refractivity contribution is -0.139. The number of nitrogens with zero attached hydrogens (tertiary/aromatic N) is 2. The van der Waals surface area contributed by atoms with Crippen molar-refractivity contribution in [3.8, 4) is 11.5 Å². The third-order valence-electron chi connectivity index (χ3n) is 6.14. The zero-order valence-electron chi connectivity index (χ0n) is 22.6. The SMILES string of the molecule is CCNC(=O)[C@H](C)N(Cc1ccc(Cl)cc1Cl)C(=O)CN(c1ccccc1)S(=O)(=O)c1ccc(OC)c(OC)c1. The highest BCUT2D eigenvalue weighted by Crippen LogP contribution is 2.32. The van der Waals surface area contributed by atoms with E-state index in [1.165, 1.54) is 43.4 Å². The van der Waals surface area contributed by atoms with E-state index in [1.54, 1.807) is 56.3 Å². The molecule has 40 heavy (non-hydrogen) atoms. The van der Waals surface area contributed by atoms with Gasteiger partial charge in [0, 0.05) is 29.2 Å². The smallest absolute Gasteiger partial charge is 0.264 e. The summed E-state index contributed by atoms with van der Waals surface area (Å²) in [5.41, 5.74) is 0.811. The molecule has 0 saturated heterocycles. The van der Waals surface area contributed by atoms with Gasteiger partial charge in [-0.2, -0.15) is 0 Å². The highest BCUT2D eigenvalue weighted by molar-refractivity contribution is 7.92. The number of para-hydroxylation sites is 1. The van der Waals surface area contributed by atoms with Gasteiger partial charge in [0.2, 0.25) is 11.8 Å². The molecule has 0 aliphatic carbocycles. The van der Waals surface area contributed by atoms with Crippen LogP contribution < -0.4 is 19.1 Å². The number of carbonyl (C=O) groups excluding carboxylic acids is 2. The van der Waals surface area contributed by atoms with Gasteiger partial charge in [-0.15, -0.1) is 0 Å². The number of ether oxygens (including phenoxy) is 2. The minimum Gasteiger partial charge on any atom is -0.493 e. The molecule has 1 atom stereocenters. The molecule has 0 fully saturated rings. The maximum Gasteiger partial charge on any atom is 0.264 e. The van der Waals surface area contributed by atoms with Crippen LogP contribution in [-0.4, -0.2) is 58.5 Å². The molecule has 3 aromatic rings. The number of benzene rings is 3. The second-order valence-electron chi connectivity index (χ2n) is 8.69. The topological polar surface area (TPSA) is 105 Å². The molecule has 3 aromatic carbocycles.